The van der Waals surface area contributed by atoms with Crippen LogP contribution in [0.15, 0.2) is 0 Å². The third-order valence-electron chi connectivity index (χ3n) is 3.25. The third kappa shape index (κ3) is 3.80. The van der Waals surface area contributed by atoms with Crippen LogP contribution in [0.3, 0.4) is 0 Å². The van der Waals surface area contributed by atoms with E-state index in [1.165, 1.54) is 14.1 Å². The fourth-order valence-electron chi connectivity index (χ4n) is 1.84. The maximum atomic E-state index is 12.0. The molecule has 1 heterocycles. The maximum Gasteiger partial charge on any atom is 0.334 e. The number of imide groups is 2. The van der Waals surface area contributed by atoms with Crippen LogP contribution in [-0.2, 0) is 19.2 Å². The summed E-state index contributed by atoms with van der Waals surface area (Å²) in [4.78, 5) is 61.2. The highest BCUT2D eigenvalue weighted by atomic mass is 16.2. The van der Waals surface area contributed by atoms with Crippen molar-refractivity contribution in [2.75, 3.05) is 33.7 Å². The van der Waals surface area contributed by atoms with Crippen molar-refractivity contribution in [3.63, 3.8) is 0 Å². The lowest BCUT2D eigenvalue weighted by atomic mass is 10.3. The molecule has 0 unspecified atom stereocenters. The smallest absolute Gasteiger partial charge is 0.334 e. The van der Waals surface area contributed by atoms with Crippen molar-refractivity contribution in [3.8, 4) is 0 Å². The highest BCUT2D eigenvalue weighted by Crippen LogP contribution is 2.13. The van der Waals surface area contributed by atoms with Crippen molar-refractivity contribution in [1.29, 1.82) is 0 Å². The summed E-state index contributed by atoms with van der Waals surface area (Å²) in [6.07, 6.45) is 1.35. The lowest BCUT2D eigenvalue weighted by molar-refractivity contribution is -0.145. The SMILES string of the molecule is CCCCN1C(=O)C(=O)N(CC(=O)N(C)CC(=O)NC)C1=O. The first-order chi connectivity index (χ1) is 10.3. The minimum Gasteiger partial charge on any atom is -0.358 e. The number of amides is 6. The van der Waals surface area contributed by atoms with E-state index in [1.807, 2.05) is 6.92 Å². The van der Waals surface area contributed by atoms with Gasteiger partial charge in [-0.2, -0.15) is 0 Å². The molecular weight excluding hydrogens is 292 g/mol. The summed E-state index contributed by atoms with van der Waals surface area (Å²) in [5.41, 5.74) is 0. The summed E-state index contributed by atoms with van der Waals surface area (Å²) < 4.78 is 0. The van der Waals surface area contributed by atoms with E-state index in [4.69, 9.17) is 0 Å². The molecule has 9 nitrogen and oxygen atoms in total. The highest BCUT2D eigenvalue weighted by Gasteiger charge is 2.45. The number of rotatable bonds is 7. The second-order valence-corrected chi connectivity index (χ2v) is 4.91. The Bertz CT molecular complexity index is 505. The molecule has 1 fully saturated rings. The first-order valence-electron chi connectivity index (χ1n) is 6.95. The molecule has 0 bridgehead atoms. The van der Waals surface area contributed by atoms with Gasteiger partial charge in [0, 0.05) is 20.6 Å². The second kappa shape index (κ2) is 7.53. The lowest BCUT2D eigenvalue weighted by Gasteiger charge is -2.19. The Morgan fingerprint density at radius 1 is 1.14 bits per heavy atom. The van der Waals surface area contributed by atoms with Gasteiger partial charge in [-0.3, -0.25) is 24.1 Å². The van der Waals surface area contributed by atoms with Crippen molar-refractivity contribution in [3.05, 3.63) is 0 Å². The first-order valence-corrected chi connectivity index (χ1v) is 6.95. The van der Waals surface area contributed by atoms with E-state index in [9.17, 15) is 24.0 Å². The first kappa shape index (κ1) is 17.6. The summed E-state index contributed by atoms with van der Waals surface area (Å²) in [7, 11) is 2.80. The molecule has 1 rings (SSSR count). The predicted octanol–water partition coefficient (Wildman–Crippen LogP) is -1.22. The van der Waals surface area contributed by atoms with Gasteiger partial charge in [0.05, 0.1) is 6.54 Å². The quantitative estimate of drug-likeness (QED) is 0.468. The Balaban J connectivity index is 2.70. The van der Waals surface area contributed by atoms with E-state index in [0.717, 1.165) is 16.2 Å². The van der Waals surface area contributed by atoms with Gasteiger partial charge in [0.1, 0.15) is 6.54 Å². The Labute approximate surface area is 128 Å². The summed E-state index contributed by atoms with van der Waals surface area (Å²) in [6, 6.07) is -0.787. The Kier molecular flexibility index (Phi) is 6.02. The largest absolute Gasteiger partial charge is 0.358 e. The summed E-state index contributed by atoms with van der Waals surface area (Å²) in [5.74, 6) is -2.91. The van der Waals surface area contributed by atoms with Crippen LogP contribution in [0.4, 0.5) is 4.79 Å². The second-order valence-electron chi connectivity index (χ2n) is 4.91. The summed E-state index contributed by atoms with van der Waals surface area (Å²) >= 11 is 0. The van der Waals surface area contributed by atoms with E-state index in [2.05, 4.69) is 5.32 Å². The van der Waals surface area contributed by atoms with Crippen LogP contribution < -0.4 is 5.32 Å². The number of hydrogen-bond acceptors (Lipinski definition) is 5. The minimum atomic E-state index is -1.01. The molecule has 1 aliphatic heterocycles. The maximum absolute atomic E-state index is 12.0. The van der Waals surface area contributed by atoms with Crippen molar-refractivity contribution in [1.82, 2.24) is 20.0 Å². The lowest BCUT2D eigenvalue weighted by Crippen LogP contribution is -2.44. The van der Waals surface area contributed by atoms with Crippen LogP contribution in [0, 0.1) is 0 Å². The van der Waals surface area contributed by atoms with Crippen LogP contribution >= 0.6 is 0 Å². The molecule has 0 aromatic heterocycles. The topological polar surface area (TPSA) is 107 Å². The molecule has 6 amide bonds. The Hall–Kier alpha value is -2.45. The van der Waals surface area contributed by atoms with Gasteiger partial charge in [-0.25, -0.2) is 9.69 Å². The molecule has 0 aromatic rings. The zero-order valence-corrected chi connectivity index (χ0v) is 12.9. The van der Waals surface area contributed by atoms with Gasteiger partial charge in [-0.15, -0.1) is 0 Å². The van der Waals surface area contributed by atoms with Crippen LogP contribution in [0.25, 0.3) is 0 Å². The van der Waals surface area contributed by atoms with Gasteiger partial charge < -0.3 is 10.2 Å². The number of carbonyl (C=O) groups excluding carboxylic acids is 5. The summed E-state index contributed by atoms with van der Waals surface area (Å²) in [6.45, 7) is 1.29. The average Bonchev–Trinajstić information content (AvgIpc) is 2.69. The van der Waals surface area contributed by atoms with Crippen LogP contribution in [0.5, 0.6) is 0 Å². The van der Waals surface area contributed by atoms with E-state index in [1.54, 1.807) is 0 Å². The normalized spacial score (nSPS) is 14.6. The van der Waals surface area contributed by atoms with Gasteiger partial charge in [0.25, 0.3) is 0 Å². The van der Waals surface area contributed by atoms with Crippen LogP contribution in [0.1, 0.15) is 19.8 Å². The number of nitrogens with zero attached hydrogens (tertiary/aromatic N) is 3. The molecule has 1 N–H and O–H groups in total. The predicted molar refractivity (Wildman–Crippen MR) is 75.4 cm³/mol. The molecule has 1 saturated heterocycles. The molecular formula is C13H20N4O5. The zero-order chi connectivity index (χ0) is 16.9. The molecule has 22 heavy (non-hydrogen) atoms. The number of hydrogen-bond donors (Lipinski definition) is 1. The fourth-order valence-corrected chi connectivity index (χ4v) is 1.84. The molecule has 0 saturated carbocycles. The fraction of sp³-hybridized carbons (Fsp3) is 0.615. The molecule has 122 valence electrons. The number of carbonyl (C=O) groups is 5. The standard InChI is InChI=1S/C13H20N4O5/c1-4-5-6-16-11(20)12(21)17(13(16)22)8-10(19)15(3)7-9(18)14-2/h4-8H2,1-3H3,(H,14,18). The molecule has 1 aliphatic rings. The van der Waals surface area contributed by atoms with Gasteiger partial charge in [0.15, 0.2) is 0 Å². The van der Waals surface area contributed by atoms with E-state index >= 15 is 0 Å². The highest BCUT2D eigenvalue weighted by molar-refractivity contribution is 6.45. The Morgan fingerprint density at radius 3 is 2.27 bits per heavy atom. The van der Waals surface area contributed by atoms with Crippen LogP contribution in [0.2, 0.25) is 0 Å². The average molecular weight is 312 g/mol. The number of urea groups is 1. The van der Waals surface area contributed by atoms with Crippen LogP contribution in [-0.4, -0.2) is 78.1 Å². The molecule has 0 aliphatic carbocycles. The van der Waals surface area contributed by atoms with Gasteiger partial charge >= 0.3 is 17.8 Å². The zero-order valence-electron chi connectivity index (χ0n) is 12.9. The minimum absolute atomic E-state index is 0.151. The summed E-state index contributed by atoms with van der Waals surface area (Å²) in [5, 5.41) is 2.36. The van der Waals surface area contributed by atoms with Crippen molar-refractivity contribution < 1.29 is 24.0 Å². The number of nitrogens with one attached hydrogen (secondary N) is 1. The van der Waals surface area contributed by atoms with Crippen molar-refractivity contribution >= 4 is 29.7 Å². The van der Waals surface area contributed by atoms with Gasteiger partial charge in [0.2, 0.25) is 11.8 Å². The van der Waals surface area contributed by atoms with Crippen molar-refractivity contribution in [2.45, 2.75) is 19.8 Å². The third-order valence-corrected chi connectivity index (χ3v) is 3.25. The molecule has 0 atom stereocenters. The molecule has 0 spiro atoms. The Morgan fingerprint density at radius 2 is 1.73 bits per heavy atom. The number of unbranched alkanes of at least 4 members (excludes halogenated alkanes) is 1. The van der Waals surface area contributed by atoms with Gasteiger partial charge in [-0.05, 0) is 6.42 Å². The van der Waals surface area contributed by atoms with Gasteiger partial charge in [-0.1, -0.05) is 13.3 Å². The van der Waals surface area contributed by atoms with E-state index in [-0.39, 0.29) is 19.0 Å². The number of likely N-dealkylation sites (N-methyl/N-ethyl adjacent to an activating group) is 2. The van der Waals surface area contributed by atoms with E-state index < -0.39 is 30.3 Å². The molecule has 9 heteroatoms. The monoisotopic (exact) mass is 312 g/mol. The molecule has 0 radical (unpaired) electrons. The van der Waals surface area contributed by atoms with E-state index in [0.29, 0.717) is 11.3 Å². The van der Waals surface area contributed by atoms with Crippen molar-refractivity contribution in [2.24, 2.45) is 0 Å². The molecule has 0 aromatic carbocycles.